The molecule has 0 amide bonds. The number of nitrogens with zero attached hydrogens (tertiary/aromatic N) is 1. The summed E-state index contributed by atoms with van der Waals surface area (Å²) in [6, 6.07) is 14.1. The molecule has 2 aromatic rings. The van der Waals surface area contributed by atoms with E-state index in [0.717, 1.165) is 22.5 Å². The van der Waals surface area contributed by atoms with Crippen LogP contribution in [0.5, 0.6) is 5.75 Å². The topological polar surface area (TPSA) is 32.6 Å². The third kappa shape index (κ3) is 7.27. The molecule has 0 spiro atoms. The maximum absolute atomic E-state index is 10.9. The molecule has 0 saturated carbocycles. The van der Waals surface area contributed by atoms with Gasteiger partial charge in [0.05, 0.1) is 5.69 Å². The fraction of sp³-hybridized carbons (Fsp3) is 0.409. The number of hydrogen-bond acceptors (Lipinski definition) is 2. The van der Waals surface area contributed by atoms with Crippen LogP contribution in [0.25, 0.3) is 0 Å². The zero-order valence-corrected chi connectivity index (χ0v) is 20.3. The van der Waals surface area contributed by atoms with Gasteiger partial charge in [0.15, 0.2) is 0 Å². The molecule has 27 heavy (non-hydrogen) atoms. The van der Waals surface area contributed by atoms with E-state index in [1.165, 1.54) is 5.56 Å². The number of halogens is 2. The van der Waals surface area contributed by atoms with Crippen LogP contribution >= 0.6 is 18.6 Å². The fourth-order valence-electron chi connectivity index (χ4n) is 2.67. The van der Waals surface area contributed by atoms with Gasteiger partial charge >= 0.3 is 35.6 Å². The summed E-state index contributed by atoms with van der Waals surface area (Å²) < 4.78 is 0. The summed E-state index contributed by atoms with van der Waals surface area (Å²) in [6.07, 6.45) is 0. The second-order valence-corrected chi connectivity index (χ2v) is 11.1. The van der Waals surface area contributed by atoms with E-state index in [1.807, 2.05) is 37.3 Å². The van der Waals surface area contributed by atoms with E-state index < -0.39 is 17.0 Å². The maximum atomic E-state index is 10.9. The van der Waals surface area contributed by atoms with E-state index in [2.05, 4.69) is 53.7 Å². The van der Waals surface area contributed by atoms with Gasteiger partial charge in [0.1, 0.15) is 5.75 Å². The quantitative estimate of drug-likeness (QED) is 0.379. The van der Waals surface area contributed by atoms with Crippen LogP contribution in [-0.4, -0.2) is 10.8 Å². The van der Waals surface area contributed by atoms with Crippen LogP contribution in [0.15, 0.2) is 47.5 Å². The number of rotatable bonds is 2. The minimum atomic E-state index is -0.556. The van der Waals surface area contributed by atoms with Crippen molar-refractivity contribution in [2.75, 3.05) is 0 Å². The van der Waals surface area contributed by atoms with Gasteiger partial charge in [-0.1, -0.05) is 65.8 Å². The zero-order chi connectivity index (χ0) is 20.8. The van der Waals surface area contributed by atoms with Crippen LogP contribution in [-0.2, 0) is 27.9 Å². The Morgan fingerprint density at radius 2 is 1.44 bits per heavy atom. The van der Waals surface area contributed by atoms with Crippen molar-refractivity contribution in [2.45, 2.75) is 59.3 Å². The average molecular weight is 442 g/mol. The molecule has 2 nitrogen and oxygen atoms in total. The molecule has 0 aliphatic carbocycles. The van der Waals surface area contributed by atoms with Crippen molar-refractivity contribution in [3.63, 3.8) is 0 Å². The van der Waals surface area contributed by atoms with Gasteiger partial charge in [-0.25, -0.2) is 0 Å². The molecule has 0 saturated heterocycles. The minimum absolute atomic E-state index is 0.00940. The Hall–Kier alpha value is -0.796. The van der Waals surface area contributed by atoms with Crippen molar-refractivity contribution in [1.29, 1.82) is 0 Å². The number of aromatic hydroxyl groups is 1. The summed E-state index contributed by atoms with van der Waals surface area (Å²) in [6.45, 7) is 14.9. The molecule has 0 atom stereocenters. The zero-order valence-electron chi connectivity index (χ0n) is 17.2. The molecule has 0 aromatic heterocycles. The Morgan fingerprint density at radius 1 is 0.926 bits per heavy atom. The van der Waals surface area contributed by atoms with Gasteiger partial charge in [0.2, 0.25) is 0 Å². The molecule has 0 radical (unpaired) electrons. The number of hydrogen-bond donors (Lipinski definition) is 1. The molecular formula is C22H29Cl2NOTi. The molecule has 146 valence electrons. The van der Waals surface area contributed by atoms with Crippen LogP contribution < -0.4 is 0 Å². The first-order chi connectivity index (χ1) is 12.4. The van der Waals surface area contributed by atoms with Crippen molar-refractivity contribution < 1.29 is 22.1 Å². The normalized spacial score (nSPS) is 12.3. The van der Waals surface area contributed by atoms with Crippen molar-refractivity contribution in [3.05, 3.63) is 59.2 Å². The van der Waals surface area contributed by atoms with Crippen LogP contribution in [0.4, 0.5) is 5.69 Å². The molecule has 1 N–H and O–H groups in total. The summed E-state index contributed by atoms with van der Waals surface area (Å²) in [5.74, 6) is 0.340. The second-order valence-electron chi connectivity index (χ2n) is 8.52. The Balaban J connectivity index is 0.00000114. The predicted molar refractivity (Wildman–Crippen MR) is 116 cm³/mol. The Labute approximate surface area is 180 Å². The Kier molecular flexibility index (Phi) is 9.08. The van der Waals surface area contributed by atoms with Gasteiger partial charge in [-0.2, -0.15) is 0 Å². The SMILES string of the molecule is CC(=Nc1ccccc1)c1cc(C(C)(C)C)cc(C(C)(C)C)c1O.[Cl][Ti][Cl]. The van der Waals surface area contributed by atoms with Crippen LogP contribution in [0.1, 0.15) is 65.2 Å². The van der Waals surface area contributed by atoms with E-state index in [9.17, 15) is 5.11 Å². The van der Waals surface area contributed by atoms with Crippen molar-refractivity contribution in [2.24, 2.45) is 4.99 Å². The molecule has 2 aromatic carbocycles. The number of phenols is 1. The van der Waals surface area contributed by atoms with E-state index in [0.29, 0.717) is 5.75 Å². The molecule has 0 bridgehead atoms. The van der Waals surface area contributed by atoms with Gasteiger partial charge in [-0.3, -0.25) is 4.99 Å². The molecule has 0 aliphatic heterocycles. The van der Waals surface area contributed by atoms with E-state index in [1.54, 1.807) is 0 Å². The number of benzene rings is 2. The number of phenolic OH excluding ortho intramolecular Hbond substituents is 1. The third-order valence-corrected chi connectivity index (χ3v) is 4.23. The number of para-hydroxylation sites is 1. The third-order valence-electron chi connectivity index (χ3n) is 4.23. The van der Waals surface area contributed by atoms with Gasteiger partial charge in [0, 0.05) is 16.8 Å². The van der Waals surface area contributed by atoms with Crippen LogP contribution in [0, 0.1) is 0 Å². The molecule has 5 heteroatoms. The first-order valence-electron chi connectivity index (χ1n) is 8.86. The van der Waals surface area contributed by atoms with E-state index in [4.69, 9.17) is 23.6 Å². The first-order valence-corrected chi connectivity index (χ1v) is 13.2. The monoisotopic (exact) mass is 441 g/mol. The predicted octanol–water partition coefficient (Wildman–Crippen LogP) is 7.50. The fourth-order valence-corrected chi connectivity index (χ4v) is 2.67. The van der Waals surface area contributed by atoms with Crippen LogP contribution in [0.3, 0.4) is 0 Å². The number of aliphatic imine (C=N–C) groups is 1. The molecule has 0 aliphatic rings. The summed E-state index contributed by atoms with van der Waals surface area (Å²) in [7, 11) is 9.78. The Morgan fingerprint density at radius 3 is 1.89 bits per heavy atom. The average Bonchev–Trinajstić information content (AvgIpc) is 2.54. The van der Waals surface area contributed by atoms with Crippen molar-refractivity contribution >= 4 is 30.0 Å². The molecule has 2 rings (SSSR count). The summed E-state index contributed by atoms with van der Waals surface area (Å²) in [5, 5.41) is 10.9. The van der Waals surface area contributed by atoms with Crippen LogP contribution in [0.2, 0.25) is 0 Å². The standard InChI is InChI=1S/C22H29NO.2ClH.Ti/c1-15(23-17-11-9-8-10-12-17)18-13-16(21(2,3)4)14-19(20(18)24)22(5,6)7;;;/h8-14,24H,1-7H3;2*1H;/q;;;+2/p-2. The first kappa shape index (κ1) is 24.2. The summed E-state index contributed by atoms with van der Waals surface area (Å²) in [4.78, 5) is 4.69. The van der Waals surface area contributed by atoms with E-state index in [-0.39, 0.29) is 10.8 Å². The summed E-state index contributed by atoms with van der Waals surface area (Å²) in [5.41, 5.74) is 4.59. The van der Waals surface area contributed by atoms with Crippen molar-refractivity contribution in [1.82, 2.24) is 0 Å². The molecule has 0 heterocycles. The molecule has 0 unspecified atom stereocenters. The molecule has 0 fully saturated rings. The van der Waals surface area contributed by atoms with Gasteiger partial charge < -0.3 is 5.11 Å². The van der Waals surface area contributed by atoms with Gasteiger partial charge in [0.25, 0.3) is 0 Å². The van der Waals surface area contributed by atoms with Crippen molar-refractivity contribution in [3.8, 4) is 5.75 Å². The second kappa shape index (κ2) is 10.1. The Bertz CT molecular complexity index is 775. The van der Waals surface area contributed by atoms with Gasteiger partial charge in [-0.15, -0.1) is 0 Å². The summed E-state index contributed by atoms with van der Waals surface area (Å²) >= 11 is -0.556. The molecular weight excluding hydrogens is 413 g/mol. The van der Waals surface area contributed by atoms with Gasteiger partial charge in [-0.05, 0) is 41.5 Å². The van der Waals surface area contributed by atoms with E-state index >= 15 is 0 Å².